The van der Waals surface area contributed by atoms with Gasteiger partial charge in [0.05, 0.1) is 24.5 Å². The summed E-state index contributed by atoms with van der Waals surface area (Å²) in [6.45, 7) is 4.42. The number of carbonyl (C=O) groups is 1. The van der Waals surface area contributed by atoms with Gasteiger partial charge in [-0.25, -0.2) is 9.36 Å². The molecule has 0 aliphatic carbocycles. The summed E-state index contributed by atoms with van der Waals surface area (Å²) >= 11 is 0. The Labute approximate surface area is 157 Å². The smallest absolute Gasteiger partial charge is 0.278 e. The second-order valence-electron chi connectivity index (χ2n) is 6.83. The molecule has 0 bridgehead atoms. The van der Waals surface area contributed by atoms with Crippen molar-refractivity contribution in [1.82, 2.24) is 30.1 Å². The first kappa shape index (κ1) is 17.4. The van der Waals surface area contributed by atoms with E-state index in [4.69, 9.17) is 0 Å². The Kier molecular flexibility index (Phi) is 4.97. The highest BCUT2D eigenvalue weighted by molar-refractivity contribution is 6.02. The van der Waals surface area contributed by atoms with Gasteiger partial charge >= 0.3 is 0 Å². The maximum absolute atomic E-state index is 12.6. The van der Waals surface area contributed by atoms with Crippen LogP contribution in [0.3, 0.4) is 0 Å². The van der Waals surface area contributed by atoms with Crippen molar-refractivity contribution < 1.29 is 4.79 Å². The van der Waals surface area contributed by atoms with Crippen LogP contribution in [-0.4, -0.2) is 43.8 Å². The molecular formula is C19H23N7O. The van der Waals surface area contributed by atoms with Crippen molar-refractivity contribution in [3.05, 3.63) is 59.5 Å². The van der Waals surface area contributed by atoms with E-state index >= 15 is 0 Å². The standard InChI is InChI=1S/C19H23N7O/c1-14-11-18(26(23-14)12-15-5-3-2-4-6-15)21-19(27)17-13-25(24-22-17)16-7-9-20-10-8-16/h2-6,11,13,16,20H,7-10,12H2,1H3,(H,21,27). The predicted octanol–water partition coefficient (Wildman–Crippen LogP) is 2.01. The zero-order chi connectivity index (χ0) is 18.6. The maximum atomic E-state index is 12.6. The van der Waals surface area contributed by atoms with E-state index in [2.05, 4.69) is 26.0 Å². The molecule has 1 aliphatic heterocycles. The van der Waals surface area contributed by atoms with Crippen LogP contribution in [0.4, 0.5) is 5.82 Å². The van der Waals surface area contributed by atoms with Crippen LogP contribution < -0.4 is 10.6 Å². The fourth-order valence-corrected chi connectivity index (χ4v) is 3.33. The van der Waals surface area contributed by atoms with Crippen LogP contribution in [0.15, 0.2) is 42.6 Å². The van der Waals surface area contributed by atoms with Crippen LogP contribution in [-0.2, 0) is 6.54 Å². The average Bonchev–Trinajstić information content (AvgIpc) is 3.31. The normalized spacial score (nSPS) is 15.0. The molecule has 1 saturated heterocycles. The Balaban J connectivity index is 1.47. The molecule has 3 heterocycles. The average molecular weight is 365 g/mol. The SMILES string of the molecule is Cc1cc(NC(=O)c2cn(C3CCNCC3)nn2)n(Cc2ccccc2)n1. The van der Waals surface area contributed by atoms with Crippen LogP contribution in [0.2, 0.25) is 0 Å². The van der Waals surface area contributed by atoms with Gasteiger partial charge in [-0.3, -0.25) is 4.79 Å². The van der Waals surface area contributed by atoms with Crippen LogP contribution in [0, 0.1) is 6.92 Å². The largest absolute Gasteiger partial charge is 0.317 e. The number of hydrogen-bond donors (Lipinski definition) is 2. The van der Waals surface area contributed by atoms with Gasteiger partial charge in [0.25, 0.3) is 5.91 Å². The van der Waals surface area contributed by atoms with E-state index < -0.39 is 0 Å². The second kappa shape index (κ2) is 7.71. The first-order valence-electron chi connectivity index (χ1n) is 9.21. The highest BCUT2D eigenvalue weighted by Gasteiger charge is 2.19. The Bertz CT molecular complexity index is 909. The molecule has 8 nitrogen and oxygen atoms in total. The predicted molar refractivity (Wildman–Crippen MR) is 102 cm³/mol. The van der Waals surface area contributed by atoms with E-state index in [1.165, 1.54) is 0 Å². The summed E-state index contributed by atoms with van der Waals surface area (Å²) in [6, 6.07) is 12.2. The molecule has 0 unspecified atom stereocenters. The molecule has 140 valence electrons. The molecule has 8 heteroatoms. The topological polar surface area (TPSA) is 89.7 Å². The first-order valence-corrected chi connectivity index (χ1v) is 9.21. The van der Waals surface area contributed by atoms with Gasteiger partial charge in [-0.2, -0.15) is 5.10 Å². The Morgan fingerprint density at radius 2 is 2.04 bits per heavy atom. The lowest BCUT2D eigenvalue weighted by Gasteiger charge is -2.22. The number of nitrogens with one attached hydrogen (secondary N) is 2. The van der Waals surface area contributed by atoms with Crippen LogP contribution in [0.5, 0.6) is 0 Å². The van der Waals surface area contributed by atoms with Crippen LogP contribution in [0.25, 0.3) is 0 Å². The van der Waals surface area contributed by atoms with Gasteiger partial charge in [0.2, 0.25) is 0 Å². The highest BCUT2D eigenvalue weighted by atomic mass is 16.2. The van der Waals surface area contributed by atoms with Gasteiger partial charge in [-0.05, 0) is 38.4 Å². The number of benzene rings is 1. The summed E-state index contributed by atoms with van der Waals surface area (Å²) in [5.41, 5.74) is 2.28. The van der Waals surface area contributed by atoms with Gasteiger partial charge in [-0.15, -0.1) is 5.10 Å². The number of nitrogens with zero attached hydrogens (tertiary/aromatic N) is 5. The lowest BCUT2D eigenvalue weighted by Crippen LogP contribution is -2.29. The van der Waals surface area contributed by atoms with Gasteiger partial charge in [0.1, 0.15) is 5.82 Å². The van der Waals surface area contributed by atoms with Crippen LogP contribution in [0.1, 0.15) is 40.6 Å². The quantitative estimate of drug-likeness (QED) is 0.722. The van der Waals surface area contributed by atoms with Gasteiger partial charge in [-0.1, -0.05) is 35.5 Å². The van der Waals surface area contributed by atoms with Crippen molar-refractivity contribution in [2.24, 2.45) is 0 Å². The fourth-order valence-electron chi connectivity index (χ4n) is 3.33. The third-order valence-electron chi connectivity index (χ3n) is 4.74. The van der Waals surface area contributed by atoms with E-state index in [9.17, 15) is 4.79 Å². The highest BCUT2D eigenvalue weighted by Crippen LogP contribution is 2.18. The summed E-state index contributed by atoms with van der Waals surface area (Å²) in [5, 5.41) is 18.9. The zero-order valence-electron chi connectivity index (χ0n) is 15.3. The van der Waals surface area contributed by atoms with E-state index in [0.29, 0.717) is 24.1 Å². The number of anilines is 1. The van der Waals surface area contributed by atoms with Crippen molar-refractivity contribution in [3.8, 4) is 0 Å². The molecule has 1 aliphatic rings. The minimum Gasteiger partial charge on any atom is -0.317 e. The number of piperidine rings is 1. The van der Waals surface area contributed by atoms with Crippen molar-refractivity contribution in [3.63, 3.8) is 0 Å². The van der Waals surface area contributed by atoms with Gasteiger partial charge in [0.15, 0.2) is 5.69 Å². The summed E-state index contributed by atoms with van der Waals surface area (Å²) < 4.78 is 3.60. The molecular weight excluding hydrogens is 342 g/mol. The van der Waals surface area contributed by atoms with Crippen molar-refractivity contribution in [2.75, 3.05) is 18.4 Å². The van der Waals surface area contributed by atoms with E-state index in [1.807, 2.05) is 48.0 Å². The maximum Gasteiger partial charge on any atom is 0.278 e. The first-order chi connectivity index (χ1) is 13.2. The molecule has 27 heavy (non-hydrogen) atoms. The molecule has 3 aromatic rings. The monoisotopic (exact) mass is 365 g/mol. The molecule has 0 atom stereocenters. The molecule has 0 radical (unpaired) electrons. The lowest BCUT2D eigenvalue weighted by molar-refractivity contribution is 0.102. The molecule has 2 N–H and O–H groups in total. The van der Waals surface area contributed by atoms with Crippen molar-refractivity contribution >= 4 is 11.7 Å². The molecule has 0 saturated carbocycles. The van der Waals surface area contributed by atoms with Gasteiger partial charge < -0.3 is 10.6 Å². The molecule has 4 rings (SSSR count). The Morgan fingerprint density at radius 1 is 1.26 bits per heavy atom. The van der Waals surface area contributed by atoms with E-state index in [0.717, 1.165) is 37.2 Å². The number of aromatic nitrogens is 5. The fraction of sp³-hybridized carbons (Fsp3) is 0.368. The third-order valence-corrected chi connectivity index (χ3v) is 4.74. The minimum atomic E-state index is -0.274. The number of carbonyl (C=O) groups excluding carboxylic acids is 1. The third kappa shape index (κ3) is 4.06. The summed E-state index contributed by atoms with van der Waals surface area (Å²) in [5.74, 6) is 0.377. The van der Waals surface area contributed by atoms with E-state index in [1.54, 1.807) is 10.9 Å². The molecule has 1 amide bonds. The van der Waals surface area contributed by atoms with Crippen LogP contribution >= 0.6 is 0 Å². The minimum absolute atomic E-state index is 0.274. The Hall–Kier alpha value is -3.00. The van der Waals surface area contributed by atoms with Crippen molar-refractivity contribution in [1.29, 1.82) is 0 Å². The summed E-state index contributed by atoms with van der Waals surface area (Å²) in [4.78, 5) is 12.6. The lowest BCUT2D eigenvalue weighted by atomic mass is 10.1. The second-order valence-corrected chi connectivity index (χ2v) is 6.83. The summed E-state index contributed by atoms with van der Waals surface area (Å²) in [7, 11) is 0. The van der Waals surface area contributed by atoms with Crippen molar-refractivity contribution in [2.45, 2.75) is 32.4 Å². The molecule has 0 spiro atoms. The van der Waals surface area contributed by atoms with E-state index in [-0.39, 0.29) is 5.91 Å². The van der Waals surface area contributed by atoms with Gasteiger partial charge in [0, 0.05) is 6.07 Å². The number of aryl methyl sites for hydroxylation is 1. The number of rotatable bonds is 5. The molecule has 1 fully saturated rings. The number of amides is 1. The molecule has 1 aromatic carbocycles. The zero-order valence-corrected chi connectivity index (χ0v) is 15.3. The Morgan fingerprint density at radius 3 is 2.81 bits per heavy atom. The summed E-state index contributed by atoms with van der Waals surface area (Å²) in [6.07, 6.45) is 3.72. The number of hydrogen-bond acceptors (Lipinski definition) is 5. The molecule has 2 aromatic heterocycles.